The van der Waals surface area contributed by atoms with E-state index in [1.54, 1.807) is 0 Å². The molecule has 0 aromatic heterocycles. The predicted molar refractivity (Wildman–Crippen MR) is 42.2 cm³/mol. The van der Waals surface area contributed by atoms with Crippen molar-refractivity contribution in [2.24, 2.45) is 0 Å². The monoisotopic (exact) mass is 307 g/mol. The normalized spacial score (nSPS) is 17.1. The first-order valence-electron chi connectivity index (χ1n) is 2.93. The van der Waals surface area contributed by atoms with Crippen LogP contribution in [0.5, 0.6) is 0 Å². The fourth-order valence-corrected chi connectivity index (χ4v) is 0.580. The molecule has 0 unspecified atom stereocenters. The molecule has 4 heteroatoms. The Morgan fingerprint density at radius 1 is 1.22 bits per heavy atom. The Labute approximate surface area is 77.2 Å². The molecule has 1 fully saturated rings. The molecule has 1 aliphatic rings. The van der Waals surface area contributed by atoms with E-state index in [2.05, 4.69) is 33.7 Å². The summed E-state index contributed by atoms with van der Waals surface area (Å²) < 4.78 is 5.04. The third kappa shape index (κ3) is 9.54. The van der Waals surface area contributed by atoms with Crippen molar-refractivity contribution in [3.8, 4) is 0 Å². The van der Waals surface area contributed by atoms with Gasteiger partial charge in [-0.2, -0.15) is 0 Å². The van der Waals surface area contributed by atoms with Crippen LogP contribution in [-0.2, 0) is 17.9 Å². The van der Waals surface area contributed by atoms with Crippen LogP contribution in [0.2, 0.25) is 0 Å². The molecule has 0 aromatic rings. The summed E-state index contributed by atoms with van der Waals surface area (Å²) in [5, 5.41) is 0. The van der Waals surface area contributed by atoms with Gasteiger partial charge in [0.1, 0.15) is 0 Å². The molecule has 1 radical (unpaired) electrons. The second-order valence-electron chi connectivity index (χ2n) is 1.58. The zero-order chi connectivity index (χ0) is 6.95. The van der Waals surface area contributed by atoms with Crippen LogP contribution >= 0.6 is 27.2 Å². The van der Waals surface area contributed by atoms with Gasteiger partial charge in [0.25, 0.3) is 0 Å². The molecule has 0 aliphatic carbocycles. The van der Waals surface area contributed by atoms with Crippen molar-refractivity contribution in [3.63, 3.8) is 0 Å². The predicted octanol–water partition coefficient (Wildman–Crippen LogP) is 2.69. The molecule has 1 rings (SSSR count). The van der Waals surface area contributed by atoms with Crippen LogP contribution in [0.3, 0.4) is 0 Å². The van der Waals surface area contributed by atoms with E-state index in [4.69, 9.17) is 4.74 Å². The van der Waals surface area contributed by atoms with E-state index >= 15 is 0 Å². The summed E-state index contributed by atoms with van der Waals surface area (Å²) in [4.78, 5) is 0. The molecule has 0 amide bonds. The van der Waals surface area contributed by atoms with Crippen molar-refractivity contribution in [2.45, 2.75) is 12.8 Å². The summed E-state index contributed by atoms with van der Waals surface area (Å²) in [6, 6.07) is 0. The van der Waals surface area contributed by atoms with Gasteiger partial charge in [-0.15, -0.1) is 0 Å². The van der Waals surface area contributed by atoms with E-state index in [0.717, 1.165) is 26.1 Å². The third-order valence-electron chi connectivity index (χ3n) is 0.933. The van der Waals surface area contributed by atoms with Gasteiger partial charge in [0.15, 0.2) is 0 Å². The minimum Gasteiger partial charge on any atom is -0.381 e. The van der Waals surface area contributed by atoms with Crippen LogP contribution < -0.4 is 0 Å². The van der Waals surface area contributed by atoms with Crippen LogP contribution in [0.25, 0.3) is 0 Å². The molecule has 0 N–H and O–H groups in total. The average molecular weight is 310 g/mol. The summed E-state index contributed by atoms with van der Waals surface area (Å²) in [6.07, 6.45) is 4.57. The minimum atomic E-state index is -0.250. The van der Waals surface area contributed by atoms with E-state index in [0.29, 0.717) is 0 Å². The van der Waals surface area contributed by atoms with Gasteiger partial charge in [-0.1, -0.05) is 0 Å². The van der Waals surface area contributed by atoms with Gasteiger partial charge in [0, 0.05) is 13.2 Å². The first-order valence-corrected chi connectivity index (χ1v) is 16.8. The SMILES string of the molecule is [Br][Zn][Br].[CH]1CCOCC1. The molecule has 0 aromatic carbocycles. The summed E-state index contributed by atoms with van der Waals surface area (Å²) >= 11 is 6.25. The summed E-state index contributed by atoms with van der Waals surface area (Å²) in [7, 11) is 0. The van der Waals surface area contributed by atoms with Crippen molar-refractivity contribution in [2.75, 3.05) is 13.2 Å². The molecule has 1 heterocycles. The smallest absolute Gasteiger partial charge is 0.0468 e. The number of rotatable bonds is 0. The van der Waals surface area contributed by atoms with Crippen LogP contribution in [-0.4, -0.2) is 13.2 Å². The summed E-state index contributed by atoms with van der Waals surface area (Å²) in [6.45, 7) is 1.89. The third-order valence-corrected chi connectivity index (χ3v) is 0.933. The van der Waals surface area contributed by atoms with E-state index < -0.39 is 0 Å². The second kappa shape index (κ2) is 9.54. The first-order chi connectivity index (χ1) is 4.41. The Hall–Kier alpha value is 1.54. The minimum absolute atomic E-state index is 0.250. The average Bonchev–Trinajstić information content (AvgIpc) is 1.93. The van der Waals surface area contributed by atoms with E-state index in [-0.39, 0.29) is 13.2 Å². The molecule has 0 bridgehead atoms. The first kappa shape index (κ1) is 10.5. The van der Waals surface area contributed by atoms with Crippen LogP contribution in [0.1, 0.15) is 12.8 Å². The number of hydrogen-bond acceptors (Lipinski definition) is 1. The number of ether oxygens (including phenoxy) is 1. The molecule has 0 spiro atoms. The Bertz CT molecular complexity index is 38.7. The van der Waals surface area contributed by atoms with Crippen LogP contribution in [0, 0.1) is 6.42 Å². The molecule has 0 atom stereocenters. The van der Waals surface area contributed by atoms with Gasteiger partial charge in [-0.25, -0.2) is 0 Å². The quantitative estimate of drug-likeness (QED) is 0.625. The molecule has 0 saturated carbocycles. The van der Waals surface area contributed by atoms with Gasteiger partial charge in [-0.05, 0) is 19.3 Å². The summed E-state index contributed by atoms with van der Waals surface area (Å²) in [5.74, 6) is 0. The maximum absolute atomic E-state index is 5.04. The Kier molecular flexibility index (Phi) is 11.2. The van der Waals surface area contributed by atoms with Gasteiger partial charge >= 0.3 is 40.5 Å². The van der Waals surface area contributed by atoms with E-state index in [1.807, 2.05) is 0 Å². The standard InChI is InChI=1S/C5H9O.2BrH.Zn/c1-2-4-6-5-3-1;;;/h1H,2-5H2;2*1H;/q;;;+2/p-2. The van der Waals surface area contributed by atoms with Gasteiger partial charge in [0.2, 0.25) is 0 Å². The van der Waals surface area contributed by atoms with Gasteiger partial charge < -0.3 is 4.74 Å². The maximum Gasteiger partial charge on any atom is 0.0468 e. The number of halogens is 2. The maximum atomic E-state index is 5.04. The molecular formula is C5H9Br2OZn. The molecule has 1 saturated heterocycles. The van der Waals surface area contributed by atoms with E-state index in [1.165, 1.54) is 0 Å². The van der Waals surface area contributed by atoms with Crippen molar-refractivity contribution in [3.05, 3.63) is 6.42 Å². The largest absolute Gasteiger partial charge is 0.381 e. The molecule has 1 nitrogen and oxygen atoms in total. The fourth-order valence-electron chi connectivity index (χ4n) is 0.580. The van der Waals surface area contributed by atoms with E-state index in [9.17, 15) is 0 Å². The Morgan fingerprint density at radius 3 is 1.78 bits per heavy atom. The molecule has 9 heavy (non-hydrogen) atoms. The van der Waals surface area contributed by atoms with Crippen LogP contribution in [0.4, 0.5) is 0 Å². The molecular weight excluding hydrogens is 301 g/mol. The van der Waals surface area contributed by atoms with Crippen molar-refractivity contribution in [1.82, 2.24) is 0 Å². The zero-order valence-electron chi connectivity index (χ0n) is 5.28. The molecule has 1 aliphatic heterocycles. The van der Waals surface area contributed by atoms with Crippen LogP contribution in [0.15, 0.2) is 0 Å². The topological polar surface area (TPSA) is 9.23 Å². The fraction of sp³-hybridized carbons (Fsp3) is 0.800. The van der Waals surface area contributed by atoms with Gasteiger partial charge in [-0.3, -0.25) is 0 Å². The van der Waals surface area contributed by atoms with Crippen molar-refractivity contribution < 1.29 is 17.9 Å². The van der Waals surface area contributed by atoms with Gasteiger partial charge in [0.05, 0.1) is 0 Å². The summed E-state index contributed by atoms with van der Waals surface area (Å²) in [5.41, 5.74) is 0. The molecule has 51 valence electrons. The second-order valence-corrected chi connectivity index (χ2v) is 15.7. The van der Waals surface area contributed by atoms with Crippen molar-refractivity contribution >= 4 is 27.2 Å². The number of hydrogen-bond donors (Lipinski definition) is 0. The zero-order valence-corrected chi connectivity index (χ0v) is 11.4. The van der Waals surface area contributed by atoms with Crippen molar-refractivity contribution in [1.29, 1.82) is 0 Å². The Balaban J connectivity index is 0.000000187. The Morgan fingerprint density at radius 2 is 1.67 bits per heavy atom.